The highest BCUT2D eigenvalue weighted by Crippen LogP contribution is 2.20. The lowest BCUT2D eigenvalue weighted by Crippen LogP contribution is -2.41. The van der Waals surface area contributed by atoms with Gasteiger partial charge in [0.2, 0.25) is 0 Å². The molecule has 0 aliphatic rings. The predicted octanol–water partition coefficient (Wildman–Crippen LogP) is 3.93. The number of rotatable bonds is 7. The van der Waals surface area contributed by atoms with E-state index < -0.39 is 0 Å². The zero-order valence-electron chi connectivity index (χ0n) is 16.2. The number of guanidine groups is 1. The molecule has 0 aliphatic heterocycles. The van der Waals surface area contributed by atoms with E-state index in [1.165, 1.54) is 5.56 Å². The molecule has 0 aromatic heterocycles. The summed E-state index contributed by atoms with van der Waals surface area (Å²) in [4.78, 5) is 6.48. The molecule has 0 saturated heterocycles. The van der Waals surface area contributed by atoms with Crippen LogP contribution < -0.4 is 15.4 Å². The first-order valence-corrected chi connectivity index (χ1v) is 8.90. The molecule has 2 aromatic rings. The number of hydrogen-bond donors (Lipinski definition) is 2. The summed E-state index contributed by atoms with van der Waals surface area (Å²) in [7, 11) is 7.59. The molecule has 1 atom stereocenters. The second-order valence-corrected chi connectivity index (χ2v) is 6.62. The number of aliphatic imine (C=N–C) groups is 1. The summed E-state index contributed by atoms with van der Waals surface area (Å²) < 4.78 is 5.24. The number of methoxy groups -OCH3 is 1. The minimum absolute atomic E-state index is 0. The molecule has 7 heteroatoms. The van der Waals surface area contributed by atoms with Crippen LogP contribution >= 0.6 is 35.6 Å². The van der Waals surface area contributed by atoms with Gasteiger partial charge >= 0.3 is 0 Å². The van der Waals surface area contributed by atoms with Crippen LogP contribution in [-0.2, 0) is 6.54 Å². The molecule has 0 heterocycles. The summed E-state index contributed by atoms with van der Waals surface area (Å²) in [6.07, 6.45) is 0. The molecular formula is C20H28ClIN4O. The van der Waals surface area contributed by atoms with E-state index in [-0.39, 0.29) is 30.0 Å². The zero-order chi connectivity index (χ0) is 18.9. The lowest BCUT2D eigenvalue weighted by Gasteiger charge is -2.26. The predicted molar refractivity (Wildman–Crippen MR) is 124 cm³/mol. The molecular weight excluding hydrogens is 475 g/mol. The quantitative estimate of drug-likeness (QED) is 0.342. The second-order valence-electron chi connectivity index (χ2n) is 6.19. The van der Waals surface area contributed by atoms with Crippen molar-refractivity contribution in [3.63, 3.8) is 0 Å². The van der Waals surface area contributed by atoms with E-state index in [2.05, 4.69) is 46.8 Å². The average Bonchev–Trinajstić information content (AvgIpc) is 2.66. The molecule has 0 saturated carbocycles. The van der Waals surface area contributed by atoms with Crippen LogP contribution in [0.5, 0.6) is 5.75 Å². The molecule has 2 N–H and O–H groups in total. The van der Waals surface area contributed by atoms with Crippen LogP contribution in [-0.4, -0.2) is 45.7 Å². The smallest absolute Gasteiger partial charge is 0.191 e. The van der Waals surface area contributed by atoms with Crippen LogP contribution in [0.15, 0.2) is 53.5 Å². The standard InChI is InChI=1S/C20H27ClN4O.HI/c1-22-20(23-13-15-5-9-17(21)10-6-15)24-14-19(25(2)3)16-7-11-18(26-4)12-8-16;/h5-12,19H,13-14H2,1-4H3,(H2,22,23,24);1H. The van der Waals surface area contributed by atoms with Gasteiger partial charge in [-0.25, -0.2) is 0 Å². The SMILES string of the molecule is CN=C(NCc1ccc(Cl)cc1)NCC(c1ccc(OC)cc1)N(C)C.I. The fraction of sp³-hybridized carbons (Fsp3) is 0.350. The number of ether oxygens (including phenoxy) is 1. The first kappa shape index (κ1) is 23.5. The van der Waals surface area contributed by atoms with Crippen molar-refractivity contribution in [2.24, 2.45) is 4.99 Å². The molecule has 5 nitrogen and oxygen atoms in total. The van der Waals surface area contributed by atoms with Crippen molar-refractivity contribution in [2.45, 2.75) is 12.6 Å². The summed E-state index contributed by atoms with van der Waals surface area (Å²) >= 11 is 5.92. The van der Waals surface area contributed by atoms with Crippen molar-refractivity contribution < 1.29 is 4.74 Å². The highest BCUT2D eigenvalue weighted by molar-refractivity contribution is 14.0. The molecule has 148 valence electrons. The van der Waals surface area contributed by atoms with E-state index in [0.717, 1.165) is 28.8 Å². The number of nitrogens with one attached hydrogen (secondary N) is 2. The Balaban J connectivity index is 0.00000364. The van der Waals surface area contributed by atoms with Gasteiger partial charge in [-0.15, -0.1) is 24.0 Å². The third kappa shape index (κ3) is 7.56. The maximum Gasteiger partial charge on any atom is 0.191 e. The number of nitrogens with zero attached hydrogens (tertiary/aromatic N) is 2. The average molecular weight is 503 g/mol. The van der Waals surface area contributed by atoms with Crippen LogP contribution in [0.4, 0.5) is 0 Å². The summed E-state index contributed by atoms with van der Waals surface area (Å²) in [5, 5.41) is 7.47. The topological polar surface area (TPSA) is 48.9 Å². The highest BCUT2D eigenvalue weighted by Gasteiger charge is 2.14. The molecule has 0 aliphatic carbocycles. The van der Waals surface area contributed by atoms with Crippen LogP contribution in [0.25, 0.3) is 0 Å². The molecule has 0 amide bonds. The highest BCUT2D eigenvalue weighted by atomic mass is 127. The molecule has 27 heavy (non-hydrogen) atoms. The first-order chi connectivity index (χ1) is 12.5. The van der Waals surface area contributed by atoms with Gasteiger partial charge in [-0.05, 0) is 49.5 Å². The summed E-state index contributed by atoms with van der Waals surface area (Å²) in [5.74, 6) is 1.62. The fourth-order valence-corrected chi connectivity index (χ4v) is 2.75. The Morgan fingerprint density at radius 1 is 1.07 bits per heavy atom. The van der Waals surface area contributed by atoms with E-state index >= 15 is 0 Å². The van der Waals surface area contributed by atoms with Gasteiger partial charge in [0.1, 0.15) is 5.75 Å². The van der Waals surface area contributed by atoms with Crippen molar-refractivity contribution in [1.29, 1.82) is 0 Å². The third-order valence-electron chi connectivity index (χ3n) is 4.18. The molecule has 0 radical (unpaired) electrons. The van der Waals surface area contributed by atoms with Crippen molar-refractivity contribution >= 4 is 41.5 Å². The molecule has 0 spiro atoms. The lowest BCUT2D eigenvalue weighted by atomic mass is 10.1. The van der Waals surface area contributed by atoms with Crippen LogP contribution in [0, 0.1) is 0 Å². The van der Waals surface area contributed by atoms with Crippen LogP contribution in [0.1, 0.15) is 17.2 Å². The largest absolute Gasteiger partial charge is 0.497 e. The van der Waals surface area contributed by atoms with Crippen LogP contribution in [0.2, 0.25) is 5.02 Å². The van der Waals surface area contributed by atoms with E-state index in [9.17, 15) is 0 Å². The minimum atomic E-state index is 0. The zero-order valence-corrected chi connectivity index (χ0v) is 19.3. The van der Waals surface area contributed by atoms with Gasteiger partial charge in [0.25, 0.3) is 0 Å². The lowest BCUT2D eigenvalue weighted by molar-refractivity contribution is 0.298. The molecule has 0 fully saturated rings. The van der Waals surface area contributed by atoms with Gasteiger partial charge in [0.15, 0.2) is 5.96 Å². The van der Waals surface area contributed by atoms with Gasteiger partial charge in [-0.1, -0.05) is 35.9 Å². The first-order valence-electron chi connectivity index (χ1n) is 8.53. The monoisotopic (exact) mass is 502 g/mol. The van der Waals surface area contributed by atoms with E-state index in [1.807, 2.05) is 36.4 Å². The Morgan fingerprint density at radius 3 is 2.22 bits per heavy atom. The fourth-order valence-electron chi connectivity index (χ4n) is 2.63. The Hall–Kier alpha value is -1.51. The third-order valence-corrected chi connectivity index (χ3v) is 4.44. The van der Waals surface area contributed by atoms with Gasteiger partial charge in [0, 0.05) is 25.2 Å². The maximum atomic E-state index is 5.92. The van der Waals surface area contributed by atoms with Crippen molar-refractivity contribution in [2.75, 3.05) is 34.8 Å². The Labute approximate surface area is 184 Å². The Morgan fingerprint density at radius 2 is 1.70 bits per heavy atom. The minimum Gasteiger partial charge on any atom is -0.497 e. The maximum absolute atomic E-state index is 5.92. The van der Waals surface area contributed by atoms with Gasteiger partial charge < -0.3 is 20.3 Å². The summed E-state index contributed by atoms with van der Waals surface area (Å²) in [6.45, 7) is 1.42. The van der Waals surface area contributed by atoms with Gasteiger partial charge in [-0.2, -0.15) is 0 Å². The summed E-state index contributed by atoms with van der Waals surface area (Å²) in [6, 6.07) is 16.2. The molecule has 1 unspecified atom stereocenters. The number of likely N-dealkylation sites (N-methyl/N-ethyl adjacent to an activating group) is 1. The summed E-state index contributed by atoms with van der Waals surface area (Å²) in [5.41, 5.74) is 2.37. The number of halogens is 2. The van der Waals surface area contributed by atoms with Crippen molar-refractivity contribution in [3.05, 3.63) is 64.7 Å². The van der Waals surface area contributed by atoms with Crippen molar-refractivity contribution in [3.8, 4) is 5.75 Å². The van der Waals surface area contributed by atoms with E-state index in [0.29, 0.717) is 6.54 Å². The Kier molecular flexibility index (Phi) is 10.5. The van der Waals surface area contributed by atoms with E-state index in [1.54, 1.807) is 14.2 Å². The number of hydrogen-bond acceptors (Lipinski definition) is 3. The van der Waals surface area contributed by atoms with Crippen molar-refractivity contribution in [1.82, 2.24) is 15.5 Å². The van der Waals surface area contributed by atoms with Gasteiger partial charge in [-0.3, -0.25) is 4.99 Å². The second kappa shape index (κ2) is 12.0. The van der Waals surface area contributed by atoms with E-state index in [4.69, 9.17) is 16.3 Å². The number of benzene rings is 2. The Bertz CT molecular complexity index is 705. The molecule has 2 rings (SSSR count). The van der Waals surface area contributed by atoms with Gasteiger partial charge in [0.05, 0.1) is 13.2 Å². The molecule has 0 bridgehead atoms. The van der Waals surface area contributed by atoms with Crippen LogP contribution in [0.3, 0.4) is 0 Å². The normalized spacial score (nSPS) is 12.3. The molecule has 2 aromatic carbocycles.